The van der Waals surface area contributed by atoms with E-state index in [-0.39, 0.29) is 0 Å². The number of rotatable bonds is 3. The van der Waals surface area contributed by atoms with Crippen molar-refractivity contribution in [3.8, 4) is 33.4 Å². The highest BCUT2D eigenvalue weighted by Gasteiger charge is 2.08. The van der Waals surface area contributed by atoms with Crippen LogP contribution in [0.3, 0.4) is 0 Å². The Morgan fingerprint density at radius 1 is 0.370 bits per heavy atom. The van der Waals surface area contributed by atoms with Crippen molar-refractivity contribution < 1.29 is 0 Å². The zero-order valence-corrected chi connectivity index (χ0v) is 16.2. The molecule has 0 radical (unpaired) electrons. The predicted molar refractivity (Wildman–Crippen MR) is 117 cm³/mol. The number of hydrogen-bond donors (Lipinski definition) is 0. The fraction of sp³-hybridized carbons (Fsp3) is 0.111. The lowest BCUT2D eigenvalue weighted by atomic mass is 9.91. The van der Waals surface area contributed by atoms with Crippen molar-refractivity contribution in [3.63, 3.8) is 0 Å². The van der Waals surface area contributed by atoms with Gasteiger partial charge < -0.3 is 0 Å². The Morgan fingerprint density at radius 2 is 0.926 bits per heavy atom. The first kappa shape index (κ1) is 17.3. The molecule has 0 unspecified atom stereocenters. The Hall–Kier alpha value is -3.12. The third-order valence-electron chi connectivity index (χ3n) is 5.08. The molecule has 0 saturated heterocycles. The third-order valence-corrected chi connectivity index (χ3v) is 5.08. The van der Waals surface area contributed by atoms with E-state index in [2.05, 4.69) is 112 Å². The molecule has 4 aromatic rings. The Labute approximate surface area is 162 Å². The first-order valence-electron chi connectivity index (χ1n) is 9.45. The van der Waals surface area contributed by atoms with E-state index in [0.717, 1.165) is 0 Å². The molecule has 27 heavy (non-hydrogen) atoms. The summed E-state index contributed by atoms with van der Waals surface area (Å²) in [5.74, 6) is 0. The van der Waals surface area contributed by atoms with Crippen LogP contribution in [0.2, 0.25) is 0 Å². The van der Waals surface area contributed by atoms with E-state index < -0.39 is 0 Å². The zero-order chi connectivity index (χ0) is 18.8. The van der Waals surface area contributed by atoms with Crippen LogP contribution in [0.1, 0.15) is 16.7 Å². The second-order valence-corrected chi connectivity index (χ2v) is 7.36. The average Bonchev–Trinajstić information content (AvgIpc) is 2.69. The van der Waals surface area contributed by atoms with Crippen LogP contribution in [-0.2, 0) is 0 Å². The van der Waals surface area contributed by atoms with E-state index >= 15 is 0 Å². The molecule has 132 valence electrons. The summed E-state index contributed by atoms with van der Waals surface area (Å²) >= 11 is 0. The maximum absolute atomic E-state index is 2.29. The smallest absolute Gasteiger partial charge is 0.0103 e. The van der Waals surface area contributed by atoms with Gasteiger partial charge in [-0.25, -0.2) is 0 Å². The molecular formula is C27H24. The Morgan fingerprint density at radius 3 is 1.63 bits per heavy atom. The Kier molecular flexibility index (Phi) is 4.64. The molecule has 0 atom stereocenters. The van der Waals surface area contributed by atoms with Crippen molar-refractivity contribution in [1.29, 1.82) is 0 Å². The summed E-state index contributed by atoms with van der Waals surface area (Å²) in [6.07, 6.45) is 0. The van der Waals surface area contributed by atoms with Gasteiger partial charge in [-0.3, -0.25) is 0 Å². The van der Waals surface area contributed by atoms with Gasteiger partial charge >= 0.3 is 0 Å². The van der Waals surface area contributed by atoms with Crippen LogP contribution in [0.15, 0.2) is 91.0 Å². The third kappa shape index (κ3) is 3.71. The summed E-state index contributed by atoms with van der Waals surface area (Å²) in [5, 5.41) is 0. The average molecular weight is 348 g/mol. The molecule has 0 N–H and O–H groups in total. The molecule has 0 aliphatic heterocycles. The van der Waals surface area contributed by atoms with Gasteiger partial charge in [-0.15, -0.1) is 0 Å². The highest BCUT2D eigenvalue weighted by Crippen LogP contribution is 2.34. The molecule has 0 aliphatic rings. The summed E-state index contributed by atoms with van der Waals surface area (Å²) < 4.78 is 0. The van der Waals surface area contributed by atoms with Gasteiger partial charge in [0.25, 0.3) is 0 Å². The van der Waals surface area contributed by atoms with Gasteiger partial charge in [0.15, 0.2) is 0 Å². The summed E-state index contributed by atoms with van der Waals surface area (Å²) in [6, 6.07) is 33.1. The first-order valence-corrected chi connectivity index (χ1v) is 9.45. The first-order chi connectivity index (χ1) is 13.1. The largest absolute Gasteiger partial charge is 0.0614 e. The van der Waals surface area contributed by atoms with Gasteiger partial charge in [-0.2, -0.15) is 0 Å². The Bertz CT molecular complexity index is 1070. The van der Waals surface area contributed by atoms with Crippen LogP contribution in [0, 0.1) is 20.8 Å². The second-order valence-electron chi connectivity index (χ2n) is 7.36. The molecule has 4 aromatic carbocycles. The van der Waals surface area contributed by atoms with Crippen LogP contribution in [0.5, 0.6) is 0 Å². The fourth-order valence-corrected chi connectivity index (χ4v) is 3.55. The quantitative estimate of drug-likeness (QED) is 0.357. The fourth-order valence-electron chi connectivity index (χ4n) is 3.55. The minimum absolute atomic E-state index is 1.26. The minimum Gasteiger partial charge on any atom is -0.0614 e. The molecule has 0 nitrogen and oxygen atoms in total. The van der Waals surface area contributed by atoms with Crippen molar-refractivity contribution in [2.75, 3.05) is 0 Å². The number of aryl methyl sites for hydroxylation is 3. The molecule has 0 saturated carbocycles. The van der Waals surface area contributed by atoms with Gasteiger partial charge in [0.1, 0.15) is 0 Å². The molecule has 0 heteroatoms. The van der Waals surface area contributed by atoms with E-state index in [9.17, 15) is 0 Å². The summed E-state index contributed by atoms with van der Waals surface area (Å²) in [7, 11) is 0. The van der Waals surface area contributed by atoms with Crippen molar-refractivity contribution in [1.82, 2.24) is 0 Å². The highest BCUT2D eigenvalue weighted by atomic mass is 14.1. The Balaban J connectivity index is 1.77. The lowest BCUT2D eigenvalue weighted by Crippen LogP contribution is -1.88. The molecular weight excluding hydrogens is 324 g/mol. The lowest BCUT2D eigenvalue weighted by Gasteiger charge is -2.13. The molecule has 0 spiro atoms. The monoisotopic (exact) mass is 348 g/mol. The molecule has 0 aromatic heterocycles. The molecule has 0 amide bonds. The summed E-state index contributed by atoms with van der Waals surface area (Å²) in [5.41, 5.74) is 11.5. The molecule has 4 rings (SSSR count). The van der Waals surface area contributed by atoms with E-state index in [1.165, 1.54) is 50.1 Å². The molecule has 0 heterocycles. The van der Waals surface area contributed by atoms with E-state index in [1.54, 1.807) is 0 Å². The zero-order valence-electron chi connectivity index (χ0n) is 16.2. The van der Waals surface area contributed by atoms with Gasteiger partial charge in [-0.1, -0.05) is 108 Å². The standard InChI is InChI=1S/C27H24/c1-19-7-10-23(11-8-19)26-16-9-21(3)18-27(26)24-14-12-22(13-15-24)25-6-4-5-20(2)17-25/h4-18H,1-3H3. The maximum Gasteiger partial charge on any atom is -0.0103 e. The van der Waals surface area contributed by atoms with Gasteiger partial charge in [0, 0.05) is 0 Å². The number of benzene rings is 4. The normalized spacial score (nSPS) is 10.8. The van der Waals surface area contributed by atoms with Crippen LogP contribution in [0.25, 0.3) is 33.4 Å². The predicted octanol–water partition coefficient (Wildman–Crippen LogP) is 7.61. The highest BCUT2D eigenvalue weighted by molar-refractivity contribution is 5.84. The van der Waals surface area contributed by atoms with Crippen LogP contribution >= 0.6 is 0 Å². The molecule has 0 aliphatic carbocycles. The van der Waals surface area contributed by atoms with E-state index in [0.29, 0.717) is 0 Å². The molecule has 0 bridgehead atoms. The minimum atomic E-state index is 1.26. The van der Waals surface area contributed by atoms with Crippen LogP contribution < -0.4 is 0 Å². The van der Waals surface area contributed by atoms with E-state index in [1.807, 2.05) is 0 Å². The van der Waals surface area contributed by atoms with Gasteiger partial charge in [-0.05, 0) is 54.2 Å². The number of hydrogen-bond acceptors (Lipinski definition) is 0. The van der Waals surface area contributed by atoms with Crippen molar-refractivity contribution >= 4 is 0 Å². The van der Waals surface area contributed by atoms with Crippen molar-refractivity contribution in [2.45, 2.75) is 20.8 Å². The van der Waals surface area contributed by atoms with Crippen LogP contribution in [-0.4, -0.2) is 0 Å². The van der Waals surface area contributed by atoms with Gasteiger partial charge in [0.2, 0.25) is 0 Å². The topological polar surface area (TPSA) is 0 Å². The van der Waals surface area contributed by atoms with E-state index in [4.69, 9.17) is 0 Å². The maximum atomic E-state index is 2.29. The van der Waals surface area contributed by atoms with Crippen molar-refractivity contribution in [3.05, 3.63) is 108 Å². The lowest BCUT2D eigenvalue weighted by molar-refractivity contribution is 1.44. The van der Waals surface area contributed by atoms with Crippen molar-refractivity contribution in [2.24, 2.45) is 0 Å². The summed E-state index contributed by atoms with van der Waals surface area (Å²) in [4.78, 5) is 0. The second kappa shape index (κ2) is 7.25. The van der Waals surface area contributed by atoms with Gasteiger partial charge in [0.05, 0.1) is 0 Å². The van der Waals surface area contributed by atoms with Crippen LogP contribution in [0.4, 0.5) is 0 Å². The molecule has 0 fully saturated rings. The summed E-state index contributed by atoms with van der Waals surface area (Å²) in [6.45, 7) is 6.42. The SMILES string of the molecule is Cc1ccc(-c2ccc(C)cc2-c2ccc(-c3cccc(C)c3)cc2)cc1.